The minimum absolute atomic E-state index is 0.0214. The molecule has 0 radical (unpaired) electrons. The topological polar surface area (TPSA) is 49.4 Å². The highest BCUT2D eigenvalue weighted by Crippen LogP contribution is 2.19. The molecule has 0 atom stereocenters. The van der Waals surface area contributed by atoms with Gasteiger partial charge in [0.15, 0.2) is 0 Å². The molecule has 1 aliphatic rings. The maximum absolute atomic E-state index is 12.1. The number of hydrogen-bond donors (Lipinski definition) is 1. The quantitative estimate of drug-likeness (QED) is 0.919. The predicted molar refractivity (Wildman–Crippen MR) is 81.0 cm³/mol. The Morgan fingerprint density at radius 1 is 1.30 bits per heavy atom. The number of piperidine rings is 1. The number of likely N-dealkylation sites (tertiary alicyclic amines) is 1. The summed E-state index contributed by atoms with van der Waals surface area (Å²) >= 11 is 3.47. The lowest BCUT2D eigenvalue weighted by atomic mass is 9.96. The Balaban J connectivity index is 1.82. The molecule has 4 nitrogen and oxygen atoms in total. The fraction of sp³-hybridized carbons (Fsp3) is 0.467. The SMILES string of the molecule is CC(=O)N1CCC(C(=O)NCc2ccccc2Br)CC1. The molecule has 1 aromatic carbocycles. The normalized spacial score (nSPS) is 16.0. The van der Waals surface area contributed by atoms with Crippen LogP contribution in [0, 0.1) is 5.92 Å². The maximum Gasteiger partial charge on any atom is 0.223 e. The molecule has 1 N–H and O–H groups in total. The molecule has 2 amide bonds. The van der Waals surface area contributed by atoms with Gasteiger partial charge in [0.25, 0.3) is 0 Å². The third kappa shape index (κ3) is 3.82. The molecule has 0 saturated carbocycles. The Kier molecular flexibility index (Phi) is 5.17. The van der Waals surface area contributed by atoms with E-state index in [0.29, 0.717) is 19.6 Å². The second-order valence-electron chi connectivity index (χ2n) is 5.09. The van der Waals surface area contributed by atoms with Crippen molar-refractivity contribution in [3.05, 3.63) is 34.3 Å². The van der Waals surface area contributed by atoms with E-state index in [9.17, 15) is 9.59 Å². The zero-order valence-electron chi connectivity index (χ0n) is 11.6. The summed E-state index contributed by atoms with van der Waals surface area (Å²) in [7, 11) is 0. The maximum atomic E-state index is 12.1. The number of carbonyl (C=O) groups is 2. The highest BCUT2D eigenvalue weighted by atomic mass is 79.9. The van der Waals surface area contributed by atoms with E-state index >= 15 is 0 Å². The van der Waals surface area contributed by atoms with Crippen LogP contribution >= 0.6 is 15.9 Å². The third-order valence-electron chi connectivity index (χ3n) is 3.72. The molecular formula is C15H19BrN2O2. The van der Waals surface area contributed by atoms with Crippen LogP contribution in [0.4, 0.5) is 0 Å². The van der Waals surface area contributed by atoms with Crippen LogP contribution in [-0.2, 0) is 16.1 Å². The van der Waals surface area contributed by atoms with Crippen LogP contribution in [0.25, 0.3) is 0 Å². The first-order valence-electron chi connectivity index (χ1n) is 6.84. The van der Waals surface area contributed by atoms with Gasteiger partial charge in [-0.05, 0) is 24.5 Å². The van der Waals surface area contributed by atoms with E-state index in [-0.39, 0.29) is 17.7 Å². The highest BCUT2D eigenvalue weighted by molar-refractivity contribution is 9.10. The minimum atomic E-state index is 0.0214. The second kappa shape index (κ2) is 6.88. The number of halogens is 1. The Bertz CT molecular complexity index is 496. The Morgan fingerprint density at radius 2 is 1.95 bits per heavy atom. The summed E-state index contributed by atoms with van der Waals surface area (Å²) in [6.45, 7) is 3.48. The van der Waals surface area contributed by atoms with Crippen LogP contribution in [0.1, 0.15) is 25.3 Å². The summed E-state index contributed by atoms with van der Waals surface area (Å²) in [6.07, 6.45) is 1.50. The zero-order valence-corrected chi connectivity index (χ0v) is 13.1. The van der Waals surface area contributed by atoms with E-state index in [2.05, 4.69) is 21.2 Å². The molecule has 0 unspecified atom stereocenters. The monoisotopic (exact) mass is 338 g/mol. The van der Waals surface area contributed by atoms with Gasteiger partial charge in [-0.3, -0.25) is 9.59 Å². The van der Waals surface area contributed by atoms with Crippen LogP contribution < -0.4 is 5.32 Å². The average molecular weight is 339 g/mol. The fourth-order valence-electron chi connectivity index (χ4n) is 2.43. The average Bonchev–Trinajstić information content (AvgIpc) is 2.46. The third-order valence-corrected chi connectivity index (χ3v) is 4.50. The Morgan fingerprint density at radius 3 is 2.55 bits per heavy atom. The van der Waals surface area contributed by atoms with E-state index in [0.717, 1.165) is 22.9 Å². The van der Waals surface area contributed by atoms with Gasteiger partial charge in [0.05, 0.1) is 0 Å². The van der Waals surface area contributed by atoms with Crippen LogP contribution in [0.5, 0.6) is 0 Å². The molecule has 1 aromatic rings. The first kappa shape index (κ1) is 15.0. The molecule has 0 bridgehead atoms. The number of carbonyl (C=O) groups excluding carboxylic acids is 2. The van der Waals surface area contributed by atoms with Gasteiger partial charge in [-0.1, -0.05) is 34.1 Å². The molecule has 0 spiro atoms. The number of amides is 2. The van der Waals surface area contributed by atoms with Crippen molar-refractivity contribution in [2.24, 2.45) is 5.92 Å². The lowest BCUT2D eigenvalue weighted by molar-refractivity contribution is -0.134. The van der Waals surface area contributed by atoms with Gasteiger partial charge in [-0.25, -0.2) is 0 Å². The Labute approximate surface area is 127 Å². The molecule has 20 heavy (non-hydrogen) atoms. The van der Waals surface area contributed by atoms with Crippen molar-refractivity contribution in [1.29, 1.82) is 0 Å². The molecule has 2 rings (SSSR count). The molecule has 0 aromatic heterocycles. The molecule has 1 saturated heterocycles. The predicted octanol–water partition coefficient (Wildman–Crippen LogP) is 2.32. The fourth-order valence-corrected chi connectivity index (χ4v) is 2.85. The van der Waals surface area contributed by atoms with E-state index in [1.54, 1.807) is 11.8 Å². The molecular weight excluding hydrogens is 320 g/mol. The van der Waals surface area contributed by atoms with E-state index in [1.165, 1.54) is 0 Å². The molecule has 0 aliphatic carbocycles. The van der Waals surface area contributed by atoms with Crippen molar-refractivity contribution in [3.63, 3.8) is 0 Å². The largest absolute Gasteiger partial charge is 0.352 e. The second-order valence-corrected chi connectivity index (χ2v) is 5.94. The van der Waals surface area contributed by atoms with Crippen LogP contribution in [0.3, 0.4) is 0 Å². The summed E-state index contributed by atoms with van der Waals surface area (Å²) in [5.74, 6) is 0.203. The molecule has 5 heteroatoms. The first-order valence-corrected chi connectivity index (χ1v) is 7.64. The number of benzene rings is 1. The summed E-state index contributed by atoms with van der Waals surface area (Å²) < 4.78 is 1.01. The Hall–Kier alpha value is -1.36. The van der Waals surface area contributed by atoms with Crippen molar-refractivity contribution in [1.82, 2.24) is 10.2 Å². The van der Waals surface area contributed by atoms with Crippen molar-refractivity contribution in [3.8, 4) is 0 Å². The molecule has 1 heterocycles. The van der Waals surface area contributed by atoms with Gasteiger partial charge in [-0.2, -0.15) is 0 Å². The number of rotatable bonds is 3. The van der Waals surface area contributed by atoms with E-state index in [4.69, 9.17) is 0 Å². The summed E-state index contributed by atoms with van der Waals surface area (Å²) in [4.78, 5) is 25.2. The molecule has 108 valence electrons. The van der Waals surface area contributed by atoms with Gasteiger partial charge in [-0.15, -0.1) is 0 Å². The van der Waals surface area contributed by atoms with Gasteiger partial charge in [0.1, 0.15) is 0 Å². The zero-order chi connectivity index (χ0) is 14.5. The summed E-state index contributed by atoms with van der Waals surface area (Å²) in [5.41, 5.74) is 1.07. The summed E-state index contributed by atoms with van der Waals surface area (Å²) in [5, 5.41) is 2.98. The molecule has 1 fully saturated rings. The van der Waals surface area contributed by atoms with Crippen LogP contribution in [-0.4, -0.2) is 29.8 Å². The van der Waals surface area contributed by atoms with Crippen molar-refractivity contribution in [2.75, 3.05) is 13.1 Å². The van der Waals surface area contributed by atoms with Gasteiger partial charge >= 0.3 is 0 Å². The number of nitrogens with zero attached hydrogens (tertiary/aromatic N) is 1. The lowest BCUT2D eigenvalue weighted by Crippen LogP contribution is -2.42. The van der Waals surface area contributed by atoms with Crippen LogP contribution in [0.2, 0.25) is 0 Å². The number of hydrogen-bond acceptors (Lipinski definition) is 2. The lowest BCUT2D eigenvalue weighted by Gasteiger charge is -2.30. The highest BCUT2D eigenvalue weighted by Gasteiger charge is 2.25. The first-order chi connectivity index (χ1) is 9.58. The van der Waals surface area contributed by atoms with E-state index in [1.807, 2.05) is 24.3 Å². The smallest absolute Gasteiger partial charge is 0.223 e. The van der Waals surface area contributed by atoms with Crippen molar-refractivity contribution < 1.29 is 9.59 Å². The standard InChI is InChI=1S/C15H19BrN2O2/c1-11(19)18-8-6-12(7-9-18)15(20)17-10-13-4-2-3-5-14(13)16/h2-5,12H,6-10H2,1H3,(H,17,20). The van der Waals surface area contributed by atoms with Crippen LogP contribution in [0.15, 0.2) is 28.7 Å². The van der Waals surface area contributed by atoms with Gasteiger partial charge < -0.3 is 10.2 Å². The van der Waals surface area contributed by atoms with Crippen molar-refractivity contribution >= 4 is 27.7 Å². The van der Waals surface area contributed by atoms with Crippen molar-refractivity contribution in [2.45, 2.75) is 26.3 Å². The summed E-state index contributed by atoms with van der Waals surface area (Å²) in [6, 6.07) is 7.86. The minimum Gasteiger partial charge on any atom is -0.352 e. The number of nitrogens with one attached hydrogen (secondary N) is 1. The van der Waals surface area contributed by atoms with Gasteiger partial charge in [0.2, 0.25) is 11.8 Å². The van der Waals surface area contributed by atoms with E-state index < -0.39 is 0 Å². The molecule has 1 aliphatic heterocycles. The van der Waals surface area contributed by atoms with Gasteiger partial charge in [0, 0.05) is 36.9 Å².